The summed E-state index contributed by atoms with van der Waals surface area (Å²) in [4.78, 5) is 0. The standard InChI is InChI=1S/C21H23ClO/c1-3-16-12-13-21(23,15(2)14-16)20-18(10-7-11-19(20)22)17-8-5-4-6-9-17/h4-11,16,23H,2-3,12-14H2,1H3. The summed E-state index contributed by atoms with van der Waals surface area (Å²) in [6.45, 7) is 6.41. The van der Waals surface area contributed by atoms with Crippen molar-refractivity contribution in [1.82, 2.24) is 0 Å². The minimum Gasteiger partial charge on any atom is -0.381 e. The molecule has 0 radical (unpaired) electrons. The van der Waals surface area contributed by atoms with Gasteiger partial charge in [0, 0.05) is 10.6 Å². The monoisotopic (exact) mass is 326 g/mol. The van der Waals surface area contributed by atoms with Gasteiger partial charge < -0.3 is 5.11 Å². The Morgan fingerprint density at radius 3 is 2.57 bits per heavy atom. The lowest BCUT2D eigenvalue weighted by Gasteiger charge is -2.40. The fourth-order valence-electron chi connectivity index (χ4n) is 3.66. The molecular formula is C21H23ClO. The maximum atomic E-state index is 11.5. The summed E-state index contributed by atoms with van der Waals surface area (Å²) in [5.41, 5.74) is 2.74. The number of rotatable bonds is 3. The van der Waals surface area contributed by atoms with E-state index in [4.69, 9.17) is 11.6 Å². The van der Waals surface area contributed by atoms with E-state index in [1.807, 2.05) is 36.4 Å². The van der Waals surface area contributed by atoms with Crippen molar-refractivity contribution in [3.63, 3.8) is 0 Å². The Bertz CT molecular complexity index is 707. The van der Waals surface area contributed by atoms with E-state index in [2.05, 4.69) is 25.6 Å². The van der Waals surface area contributed by atoms with Gasteiger partial charge in [0.2, 0.25) is 0 Å². The Labute approximate surface area is 143 Å². The fraction of sp³-hybridized carbons (Fsp3) is 0.333. The van der Waals surface area contributed by atoms with Crippen LogP contribution in [0.3, 0.4) is 0 Å². The molecule has 0 saturated heterocycles. The molecule has 0 spiro atoms. The predicted molar refractivity (Wildman–Crippen MR) is 97.6 cm³/mol. The van der Waals surface area contributed by atoms with E-state index in [1.54, 1.807) is 0 Å². The first-order chi connectivity index (χ1) is 11.1. The maximum Gasteiger partial charge on any atom is 0.112 e. The van der Waals surface area contributed by atoms with E-state index < -0.39 is 5.60 Å². The highest BCUT2D eigenvalue weighted by Crippen LogP contribution is 2.48. The second-order valence-corrected chi connectivity index (χ2v) is 6.92. The maximum absolute atomic E-state index is 11.5. The van der Waals surface area contributed by atoms with Crippen LogP contribution in [0.1, 0.15) is 38.2 Å². The molecule has 2 atom stereocenters. The van der Waals surface area contributed by atoms with Crippen LogP contribution in [0, 0.1) is 5.92 Å². The Hall–Kier alpha value is -1.57. The van der Waals surface area contributed by atoms with Gasteiger partial charge in [0.05, 0.1) is 0 Å². The van der Waals surface area contributed by atoms with Crippen molar-refractivity contribution in [3.8, 4) is 11.1 Å². The molecule has 1 N–H and O–H groups in total. The van der Waals surface area contributed by atoms with Gasteiger partial charge in [0.25, 0.3) is 0 Å². The Morgan fingerprint density at radius 1 is 1.17 bits per heavy atom. The number of aliphatic hydroxyl groups is 1. The third kappa shape index (κ3) is 2.96. The molecule has 23 heavy (non-hydrogen) atoms. The molecule has 1 fully saturated rings. The van der Waals surface area contributed by atoms with Gasteiger partial charge in [0.15, 0.2) is 0 Å². The zero-order valence-corrected chi connectivity index (χ0v) is 14.3. The fourth-order valence-corrected chi connectivity index (χ4v) is 3.99. The van der Waals surface area contributed by atoms with E-state index in [-0.39, 0.29) is 0 Å². The summed E-state index contributed by atoms with van der Waals surface area (Å²) in [7, 11) is 0. The van der Waals surface area contributed by atoms with E-state index in [0.717, 1.165) is 41.5 Å². The minimum atomic E-state index is -1.03. The summed E-state index contributed by atoms with van der Waals surface area (Å²) in [6.07, 6.45) is 3.69. The van der Waals surface area contributed by atoms with Crippen LogP contribution in [-0.2, 0) is 5.60 Å². The lowest BCUT2D eigenvalue weighted by molar-refractivity contribution is 0.0374. The first-order valence-corrected chi connectivity index (χ1v) is 8.69. The normalized spacial score (nSPS) is 24.7. The predicted octanol–water partition coefficient (Wildman–Crippen LogP) is 5.96. The molecule has 2 unspecified atom stereocenters. The van der Waals surface area contributed by atoms with E-state index in [0.29, 0.717) is 17.4 Å². The number of hydrogen-bond donors (Lipinski definition) is 1. The summed E-state index contributed by atoms with van der Waals surface area (Å²) in [5, 5.41) is 12.1. The minimum absolute atomic E-state index is 0.616. The third-order valence-corrected chi connectivity index (χ3v) is 5.44. The average Bonchev–Trinajstić information content (AvgIpc) is 2.58. The van der Waals surface area contributed by atoms with Gasteiger partial charge in [-0.3, -0.25) is 0 Å². The molecular weight excluding hydrogens is 304 g/mol. The van der Waals surface area contributed by atoms with Gasteiger partial charge in [-0.1, -0.05) is 74.0 Å². The molecule has 2 aromatic carbocycles. The van der Waals surface area contributed by atoms with Crippen LogP contribution < -0.4 is 0 Å². The summed E-state index contributed by atoms with van der Waals surface area (Å²) in [5.74, 6) is 0.616. The first kappa shape index (κ1) is 16.3. The molecule has 0 amide bonds. The van der Waals surface area contributed by atoms with Crippen molar-refractivity contribution >= 4 is 11.6 Å². The lowest BCUT2D eigenvalue weighted by atomic mass is 9.70. The Morgan fingerprint density at radius 2 is 1.91 bits per heavy atom. The molecule has 0 bridgehead atoms. The number of benzene rings is 2. The van der Waals surface area contributed by atoms with Gasteiger partial charge in [-0.25, -0.2) is 0 Å². The molecule has 0 aromatic heterocycles. The zero-order chi connectivity index (χ0) is 16.4. The first-order valence-electron chi connectivity index (χ1n) is 8.31. The quantitative estimate of drug-likeness (QED) is 0.690. The molecule has 120 valence electrons. The topological polar surface area (TPSA) is 20.2 Å². The van der Waals surface area contributed by atoms with Crippen molar-refractivity contribution in [2.24, 2.45) is 5.92 Å². The average molecular weight is 327 g/mol. The molecule has 3 rings (SSSR count). The van der Waals surface area contributed by atoms with Crippen LogP contribution in [0.25, 0.3) is 11.1 Å². The molecule has 1 nitrogen and oxygen atoms in total. The smallest absolute Gasteiger partial charge is 0.112 e. The molecule has 0 aliphatic heterocycles. The highest BCUT2D eigenvalue weighted by molar-refractivity contribution is 6.32. The van der Waals surface area contributed by atoms with Crippen molar-refractivity contribution in [1.29, 1.82) is 0 Å². The largest absolute Gasteiger partial charge is 0.381 e. The van der Waals surface area contributed by atoms with Crippen LogP contribution in [0.5, 0.6) is 0 Å². The molecule has 0 heterocycles. The van der Waals surface area contributed by atoms with Crippen LogP contribution in [0.2, 0.25) is 5.02 Å². The van der Waals surface area contributed by atoms with Crippen LogP contribution >= 0.6 is 11.6 Å². The molecule has 2 heteroatoms. The van der Waals surface area contributed by atoms with E-state index >= 15 is 0 Å². The second-order valence-electron chi connectivity index (χ2n) is 6.51. The van der Waals surface area contributed by atoms with Crippen LogP contribution in [0.15, 0.2) is 60.7 Å². The van der Waals surface area contributed by atoms with E-state index in [9.17, 15) is 5.11 Å². The highest BCUT2D eigenvalue weighted by Gasteiger charge is 2.40. The third-order valence-electron chi connectivity index (χ3n) is 5.12. The summed E-state index contributed by atoms with van der Waals surface area (Å²) < 4.78 is 0. The molecule has 1 aliphatic carbocycles. The Balaban J connectivity index is 2.11. The van der Waals surface area contributed by atoms with Crippen molar-refractivity contribution < 1.29 is 5.11 Å². The van der Waals surface area contributed by atoms with Gasteiger partial charge in [-0.15, -0.1) is 0 Å². The molecule has 2 aromatic rings. The van der Waals surface area contributed by atoms with Crippen molar-refractivity contribution in [3.05, 3.63) is 71.3 Å². The van der Waals surface area contributed by atoms with Crippen molar-refractivity contribution in [2.75, 3.05) is 0 Å². The van der Waals surface area contributed by atoms with Crippen LogP contribution in [0.4, 0.5) is 0 Å². The zero-order valence-electron chi connectivity index (χ0n) is 13.6. The number of halogens is 1. The summed E-state index contributed by atoms with van der Waals surface area (Å²) >= 11 is 6.54. The molecule has 1 aliphatic rings. The summed E-state index contributed by atoms with van der Waals surface area (Å²) in [6, 6.07) is 16.0. The van der Waals surface area contributed by atoms with E-state index in [1.165, 1.54) is 0 Å². The van der Waals surface area contributed by atoms with Gasteiger partial charge >= 0.3 is 0 Å². The Kier molecular flexibility index (Phi) is 4.61. The van der Waals surface area contributed by atoms with Crippen LogP contribution in [-0.4, -0.2) is 5.11 Å². The molecule has 1 saturated carbocycles. The second kappa shape index (κ2) is 6.51. The van der Waals surface area contributed by atoms with Gasteiger partial charge in [-0.05, 0) is 47.9 Å². The highest BCUT2D eigenvalue weighted by atomic mass is 35.5. The lowest BCUT2D eigenvalue weighted by Crippen LogP contribution is -2.34. The number of hydrogen-bond acceptors (Lipinski definition) is 1. The SMILES string of the molecule is C=C1CC(CC)CCC1(O)c1c(Cl)cccc1-c1ccccc1. The van der Waals surface area contributed by atoms with Gasteiger partial charge in [-0.2, -0.15) is 0 Å². The van der Waals surface area contributed by atoms with Crippen molar-refractivity contribution in [2.45, 2.75) is 38.2 Å². The van der Waals surface area contributed by atoms with Gasteiger partial charge in [0.1, 0.15) is 5.60 Å².